The van der Waals surface area contributed by atoms with Gasteiger partial charge in [-0.3, -0.25) is 9.59 Å². The number of nitrogens with one attached hydrogen (secondary N) is 2. The number of carbonyl (C=O) groups is 3. The highest BCUT2D eigenvalue weighted by Gasteiger charge is 2.24. The summed E-state index contributed by atoms with van der Waals surface area (Å²) in [4.78, 5) is 33.4. The van der Waals surface area contributed by atoms with Crippen LogP contribution in [0.3, 0.4) is 0 Å². The second-order valence-corrected chi connectivity index (χ2v) is 6.33. The van der Waals surface area contributed by atoms with E-state index in [0.29, 0.717) is 19.4 Å². The number of primary amides is 1. The van der Waals surface area contributed by atoms with Gasteiger partial charge in [-0.15, -0.1) is 0 Å². The molecule has 0 saturated heterocycles. The summed E-state index contributed by atoms with van der Waals surface area (Å²) < 4.78 is 0. The van der Waals surface area contributed by atoms with Gasteiger partial charge in [0.25, 0.3) is 0 Å². The van der Waals surface area contributed by atoms with E-state index < -0.39 is 18.0 Å². The predicted molar refractivity (Wildman–Crippen MR) is 79.6 cm³/mol. The standard InChI is InChI=1S/C14H27N3O4/c1-9(2)11(17-13(15)21)12(20)16-8-7-14(3,4)6-5-10(18)19/h9,11H,5-8H2,1-4H3,(H,16,20)(H,18,19)(H3,15,17,21). The quantitative estimate of drug-likeness (QED) is 0.509. The number of nitrogens with two attached hydrogens (primary N) is 1. The lowest BCUT2D eigenvalue weighted by Gasteiger charge is -2.25. The Labute approximate surface area is 125 Å². The van der Waals surface area contributed by atoms with Crippen LogP contribution in [0.15, 0.2) is 0 Å². The molecule has 0 saturated carbocycles. The van der Waals surface area contributed by atoms with Gasteiger partial charge in [-0.25, -0.2) is 4.79 Å². The molecule has 5 N–H and O–H groups in total. The number of aliphatic carboxylic acids is 1. The van der Waals surface area contributed by atoms with E-state index in [1.165, 1.54) is 0 Å². The van der Waals surface area contributed by atoms with Gasteiger partial charge in [-0.05, 0) is 24.2 Å². The molecule has 3 amide bonds. The summed E-state index contributed by atoms with van der Waals surface area (Å²) in [5.41, 5.74) is 4.88. The molecule has 0 fully saturated rings. The topological polar surface area (TPSA) is 122 Å². The van der Waals surface area contributed by atoms with Gasteiger partial charge in [0.2, 0.25) is 5.91 Å². The van der Waals surface area contributed by atoms with Gasteiger partial charge in [0.1, 0.15) is 6.04 Å². The van der Waals surface area contributed by atoms with Crippen molar-refractivity contribution >= 4 is 17.9 Å². The number of amides is 3. The van der Waals surface area contributed by atoms with Gasteiger partial charge < -0.3 is 21.5 Å². The smallest absolute Gasteiger partial charge is 0.312 e. The highest BCUT2D eigenvalue weighted by Crippen LogP contribution is 2.26. The van der Waals surface area contributed by atoms with Crippen LogP contribution in [-0.4, -0.2) is 35.6 Å². The Bertz CT molecular complexity index is 380. The summed E-state index contributed by atoms with van der Waals surface area (Å²) >= 11 is 0. The summed E-state index contributed by atoms with van der Waals surface area (Å²) in [7, 11) is 0. The molecule has 0 aromatic carbocycles. The molecule has 1 unspecified atom stereocenters. The van der Waals surface area contributed by atoms with Gasteiger partial charge in [0, 0.05) is 13.0 Å². The van der Waals surface area contributed by atoms with Crippen molar-refractivity contribution in [2.75, 3.05) is 6.54 Å². The Morgan fingerprint density at radius 1 is 1.19 bits per heavy atom. The van der Waals surface area contributed by atoms with E-state index in [0.717, 1.165) is 0 Å². The van der Waals surface area contributed by atoms with E-state index in [4.69, 9.17) is 10.8 Å². The number of carboxylic acids is 1. The minimum atomic E-state index is -0.822. The molecular weight excluding hydrogens is 274 g/mol. The lowest BCUT2D eigenvalue weighted by Crippen LogP contribution is -2.51. The first kappa shape index (κ1) is 19.2. The highest BCUT2D eigenvalue weighted by molar-refractivity contribution is 5.86. The fraction of sp³-hybridized carbons (Fsp3) is 0.786. The first-order valence-corrected chi connectivity index (χ1v) is 7.10. The average Bonchev–Trinajstić information content (AvgIpc) is 2.32. The van der Waals surface area contributed by atoms with E-state index in [1.54, 1.807) is 0 Å². The molecule has 0 radical (unpaired) electrons. The fourth-order valence-corrected chi connectivity index (χ4v) is 1.89. The monoisotopic (exact) mass is 301 g/mol. The van der Waals surface area contributed by atoms with Crippen LogP contribution in [0.2, 0.25) is 0 Å². The van der Waals surface area contributed by atoms with Crippen molar-refractivity contribution < 1.29 is 19.5 Å². The maximum Gasteiger partial charge on any atom is 0.312 e. The van der Waals surface area contributed by atoms with E-state index in [1.807, 2.05) is 27.7 Å². The number of hydrogen-bond acceptors (Lipinski definition) is 3. The highest BCUT2D eigenvalue weighted by atomic mass is 16.4. The number of hydrogen-bond donors (Lipinski definition) is 4. The third-order valence-electron chi connectivity index (χ3n) is 3.36. The number of urea groups is 1. The molecule has 0 rings (SSSR count). The van der Waals surface area contributed by atoms with Gasteiger partial charge in [-0.1, -0.05) is 27.7 Å². The van der Waals surface area contributed by atoms with Gasteiger partial charge in [0.05, 0.1) is 0 Å². The van der Waals surface area contributed by atoms with Crippen LogP contribution in [-0.2, 0) is 9.59 Å². The van der Waals surface area contributed by atoms with Crippen molar-refractivity contribution in [3.8, 4) is 0 Å². The first-order chi connectivity index (χ1) is 9.55. The van der Waals surface area contributed by atoms with Crippen molar-refractivity contribution in [1.29, 1.82) is 0 Å². The van der Waals surface area contributed by atoms with Crippen LogP contribution in [0.5, 0.6) is 0 Å². The maximum atomic E-state index is 12.0. The second kappa shape index (κ2) is 8.49. The maximum absolute atomic E-state index is 12.0. The van der Waals surface area contributed by atoms with Crippen LogP contribution >= 0.6 is 0 Å². The van der Waals surface area contributed by atoms with Crippen LogP contribution in [0.1, 0.15) is 47.0 Å². The van der Waals surface area contributed by atoms with Crippen molar-refractivity contribution in [2.45, 2.75) is 53.0 Å². The van der Waals surface area contributed by atoms with E-state index >= 15 is 0 Å². The Kier molecular flexibility index (Phi) is 7.76. The zero-order valence-electron chi connectivity index (χ0n) is 13.2. The Hall–Kier alpha value is -1.79. The van der Waals surface area contributed by atoms with Gasteiger partial charge in [-0.2, -0.15) is 0 Å². The molecule has 0 bridgehead atoms. The summed E-state index contributed by atoms with van der Waals surface area (Å²) in [5, 5.41) is 13.9. The first-order valence-electron chi connectivity index (χ1n) is 7.10. The molecule has 1 atom stereocenters. The molecule has 0 aliphatic heterocycles. The fourth-order valence-electron chi connectivity index (χ4n) is 1.89. The molecule has 0 spiro atoms. The molecule has 0 aliphatic rings. The van der Waals surface area contributed by atoms with Crippen LogP contribution in [0, 0.1) is 11.3 Å². The molecule has 21 heavy (non-hydrogen) atoms. The molecule has 122 valence electrons. The summed E-state index contributed by atoms with van der Waals surface area (Å²) in [6, 6.07) is -1.39. The molecule has 0 aromatic rings. The Morgan fingerprint density at radius 3 is 2.19 bits per heavy atom. The SMILES string of the molecule is CC(C)C(NC(N)=O)C(=O)NCCC(C)(C)CCC(=O)O. The molecule has 0 aromatic heterocycles. The second-order valence-electron chi connectivity index (χ2n) is 6.33. The van der Waals surface area contributed by atoms with Crippen LogP contribution in [0.4, 0.5) is 4.79 Å². The minimum Gasteiger partial charge on any atom is -0.481 e. The van der Waals surface area contributed by atoms with Gasteiger partial charge >= 0.3 is 12.0 Å². The van der Waals surface area contributed by atoms with Crippen molar-refractivity contribution in [2.24, 2.45) is 17.1 Å². The minimum absolute atomic E-state index is 0.0717. The third-order valence-corrected chi connectivity index (χ3v) is 3.36. The largest absolute Gasteiger partial charge is 0.481 e. The van der Waals surface area contributed by atoms with E-state index in [-0.39, 0.29) is 23.7 Å². The van der Waals surface area contributed by atoms with Crippen molar-refractivity contribution in [1.82, 2.24) is 10.6 Å². The molecule has 7 nitrogen and oxygen atoms in total. The Balaban J connectivity index is 4.27. The number of carboxylic acid groups (broad SMARTS) is 1. The normalized spacial score (nSPS) is 12.8. The summed E-state index contributed by atoms with van der Waals surface area (Å²) in [6.45, 7) is 7.98. The van der Waals surface area contributed by atoms with Crippen LogP contribution in [0.25, 0.3) is 0 Å². The van der Waals surface area contributed by atoms with E-state index in [2.05, 4.69) is 10.6 Å². The number of rotatable bonds is 9. The average molecular weight is 301 g/mol. The Morgan fingerprint density at radius 2 is 1.76 bits per heavy atom. The third kappa shape index (κ3) is 8.88. The lowest BCUT2D eigenvalue weighted by atomic mass is 9.84. The van der Waals surface area contributed by atoms with E-state index in [9.17, 15) is 14.4 Å². The number of carbonyl (C=O) groups excluding carboxylic acids is 2. The van der Waals surface area contributed by atoms with Crippen LogP contribution < -0.4 is 16.4 Å². The van der Waals surface area contributed by atoms with Gasteiger partial charge in [0.15, 0.2) is 0 Å². The summed E-state index contributed by atoms with van der Waals surface area (Å²) in [6.07, 6.45) is 1.32. The lowest BCUT2D eigenvalue weighted by molar-refractivity contribution is -0.137. The zero-order chi connectivity index (χ0) is 16.6. The molecule has 0 heterocycles. The predicted octanol–water partition coefficient (Wildman–Crippen LogP) is 1.08. The molecule has 7 heteroatoms. The zero-order valence-corrected chi connectivity index (χ0v) is 13.2. The summed E-state index contributed by atoms with van der Waals surface area (Å²) in [5.74, 6) is -1.17. The molecule has 0 aliphatic carbocycles. The van der Waals surface area contributed by atoms with Crippen molar-refractivity contribution in [3.05, 3.63) is 0 Å². The van der Waals surface area contributed by atoms with Crippen molar-refractivity contribution in [3.63, 3.8) is 0 Å². The molecular formula is C14H27N3O4.